The number of rotatable bonds is 1. The SMILES string of the molecule is NNC1NC2=C(N=CCN2)S1. The van der Waals surface area contributed by atoms with Crippen LogP contribution in [0.25, 0.3) is 0 Å². The molecule has 0 bridgehead atoms. The lowest BCUT2D eigenvalue weighted by Gasteiger charge is -2.11. The van der Waals surface area contributed by atoms with E-state index in [0.717, 1.165) is 17.4 Å². The lowest BCUT2D eigenvalue weighted by molar-refractivity contribution is 0.599. The van der Waals surface area contributed by atoms with Gasteiger partial charge in [0.05, 0.1) is 6.54 Å². The van der Waals surface area contributed by atoms with E-state index >= 15 is 0 Å². The predicted molar refractivity (Wildman–Crippen MR) is 45.4 cm³/mol. The van der Waals surface area contributed by atoms with Gasteiger partial charge in [-0.15, -0.1) is 0 Å². The molecule has 0 saturated carbocycles. The van der Waals surface area contributed by atoms with Gasteiger partial charge in [0.2, 0.25) is 0 Å². The number of hydrogen-bond acceptors (Lipinski definition) is 6. The molecule has 0 aromatic carbocycles. The van der Waals surface area contributed by atoms with Crippen LogP contribution in [0.15, 0.2) is 15.8 Å². The minimum Gasteiger partial charge on any atom is -0.365 e. The van der Waals surface area contributed by atoms with E-state index in [1.165, 1.54) is 0 Å². The van der Waals surface area contributed by atoms with E-state index in [1.807, 2.05) is 6.21 Å². The van der Waals surface area contributed by atoms with Gasteiger partial charge in [-0.3, -0.25) is 5.84 Å². The molecule has 2 rings (SSSR count). The topological polar surface area (TPSA) is 74.5 Å². The maximum Gasteiger partial charge on any atom is 0.145 e. The summed E-state index contributed by atoms with van der Waals surface area (Å²) in [6.07, 6.45) is 1.84. The molecule has 0 spiro atoms. The molecular weight excluding hydrogens is 162 g/mol. The first-order chi connectivity index (χ1) is 5.40. The minimum atomic E-state index is 0.0442. The second-order valence-corrected chi connectivity index (χ2v) is 3.28. The Bertz CT molecular complexity index is 223. The van der Waals surface area contributed by atoms with Crippen molar-refractivity contribution in [3.63, 3.8) is 0 Å². The van der Waals surface area contributed by atoms with Gasteiger partial charge in [0, 0.05) is 6.21 Å². The van der Waals surface area contributed by atoms with Crippen molar-refractivity contribution in [3.8, 4) is 0 Å². The predicted octanol–water partition coefficient (Wildman–Crippen LogP) is -1.13. The fraction of sp³-hybridized carbons (Fsp3) is 0.400. The largest absolute Gasteiger partial charge is 0.365 e. The molecule has 11 heavy (non-hydrogen) atoms. The summed E-state index contributed by atoms with van der Waals surface area (Å²) in [4.78, 5) is 4.19. The Morgan fingerprint density at radius 2 is 2.73 bits per heavy atom. The summed E-state index contributed by atoms with van der Waals surface area (Å²) in [5.41, 5.74) is 2.66. The standard InChI is InChI=1S/C5H9N5S/c6-10-5-9-3-4(11-5)8-2-1-7-3/h2,5,7,9-10H,1,6H2. The van der Waals surface area contributed by atoms with Crippen LogP contribution in [0.2, 0.25) is 0 Å². The molecule has 0 fully saturated rings. The van der Waals surface area contributed by atoms with Gasteiger partial charge in [-0.1, -0.05) is 11.8 Å². The van der Waals surface area contributed by atoms with E-state index in [4.69, 9.17) is 5.84 Å². The van der Waals surface area contributed by atoms with Crippen molar-refractivity contribution in [2.75, 3.05) is 6.54 Å². The van der Waals surface area contributed by atoms with Gasteiger partial charge < -0.3 is 10.6 Å². The van der Waals surface area contributed by atoms with Crippen LogP contribution in [0.3, 0.4) is 0 Å². The van der Waals surface area contributed by atoms with E-state index in [9.17, 15) is 0 Å². The van der Waals surface area contributed by atoms with Crippen LogP contribution in [-0.4, -0.2) is 18.3 Å². The minimum absolute atomic E-state index is 0.0442. The summed E-state index contributed by atoms with van der Waals surface area (Å²) in [6, 6.07) is 0. The molecule has 0 amide bonds. The zero-order valence-corrected chi connectivity index (χ0v) is 6.61. The van der Waals surface area contributed by atoms with Crippen LogP contribution < -0.4 is 21.9 Å². The number of nitrogens with zero attached hydrogens (tertiary/aromatic N) is 1. The van der Waals surface area contributed by atoms with E-state index < -0.39 is 0 Å². The molecule has 2 aliphatic heterocycles. The summed E-state index contributed by atoms with van der Waals surface area (Å²) in [5, 5.41) is 7.24. The van der Waals surface area contributed by atoms with Gasteiger partial charge in [-0.05, 0) is 0 Å². The Kier molecular flexibility index (Phi) is 1.72. The fourth-order valence-corrected chi connectivity index (χ4v) is 1.82. The summed E-state index contributed by atoms with van der Waals surface area (Å²) in [6.45, 7) is 0.781. The fourth-order valence-electron chi connectivity index (χ4n) is 0.966. The van der Waals surface area contributed by atoms with Crippen LogP contribution in [-0.2, 0) is 0 Å². The van der Waals surface area contributed by atoms with Crippen molar-refractivity contribution in [2.45, 2.75) is 5.50 Å². The first-order valence-corrected chi connectivity index (χ1v) is 4.18. The van der Waals surface area contributed by atoms with Gasteiger partial charge in [0.15, 0.2) is 0 Å². The Balaban J connectivity index is 2.10. The first-order valence-electron chi connectivity index (χ1n) is 3.30. The van der Waals surface area contributed by atoms with Gasteiger partial charge in [0.25, 0.3) is 0 Å². The number of thioether (sulfide) groups is 1. The molecule has 60 valence electrons. The third-order valence-electron chi connectivity index (χ3n) is 1.45. The molecule has 6 heteroatoms. The number of aliphatic imine (C=N–C) groups is 1. The third-order valence-corrected chi connectivity index (χ3v) is 2.47. The molecule has 0 aromatic rings. The smallest absolute Gasteiger partial charge is 0.145 e. The van der Waals surface area contributed by atoms with Gasteiger partial charge in [-0.2, -0.15) is 0 Å². The Labute approximate surface area is 68.5 Å². The van der Waals surface area contributed by atoms with Gasteiger partial charge >= 0.3 is 0 Å². The van der Waals surface area contributed by atoms with Crippen molar-refractivity contribution in [1.82, 2.24) is 16.1 Å². The summed E-state index contributed by atoms with van der Waals surface area (Å²) in [5.74, 6) is 6.22. The van der Waals surface area contributed by atoms with Gasteiger partial charge in [0.1, 0.15) is 16.3 Å². The van der Waals surface area contributed by atoms with Crippen molar-refractivity contribution < 1.29 is 0 Å². The first kappa shape index (κ1) is 6.96. The lowest BCUT2D eigenvalue weighted by Crippen LogP contribution is -2.42. The second-order valence-electron chi connectivity index (χ2n) is 2.18. The van der Waals surface area contributed by atoms with E-state index in [-0.39, 0.29) is 5.50 Å². The molecule has 1 unspecified atom stereocenters. The van der Waals surface area contributed by atoms with E-state index in [1.54, 1.807) is 11.8 Å². The van der Waals surface area contributed by atoms with Crippen LogP contribution in [0.4, 0.5) is 0 Å². The second kappa shape index (κ2) is 2.72. The third kappa shape index (κ3) is 1.20. The van der Waals surface area contributed by atoms with Crippen LogP contribution in [0, 0.1) is 0 Å². The maximum atomic E-state index is 5.25. The summed E-state index contributed by atoms with van der Waals surface area (Å²) in [7, 11) is 0. The molecule has 5 nitrogen and oxygen atoms in total. The average Bonchev–Trinajstić information content (AvgIpc) is 2.46. The molecule has 0 aliphatic carbocycles. The Morgan fingerprint density at radius 3 is 3.45 bits per heavy atom. The highest BCUT2D eigenvalue weighted by atomic mass is 32.2. The van der Waals surface area contributed by atoms with E-state index in [2.05, 4.69) is 21.1 Å². The van der Waals surface area contributed by atoms with Crippen LogP contribution in [0.5, 0.6) is 0 Å². The molecule has 0 aromatic heterocycles. The normalized spacial score (nSPS) is 27.9. The highest BCUT2D eigenvalue weighted by Crippen LogP contribution is 2.28. The van der Waals surface area contributed by atoms with Crippen molar-refractivity contribution in [2.24, 2.45) is 10.8 Å². The van der Waals surface area contributed by atoms with Crippen LogP contribution >= 0.6 is 11.8 Å². The molecule has 2 heterocycles. The number of hydrazine groups is 1. The zero-order valence-electron chi connectivity index (χ0n) is 5.79. The van der Waals surface area contributed by atoms with Crippen LogP contribution in [0.1, 0.15) is 0 Å². The molecular formula is C5H9N5S. The summed E-state index contributed by atoms with van der Waals surface area (Å²) < 4.78 is 0. The number of nitrogens with one attached hydrogen (secondary N) is 3. The monoisotopic (exact) mass is 171 g/mol. The van der Waals surface area contributed by atoms with Crippen molar-refractivity contribution in [1.29, 1.82) is 0 Å². The average molecular weight is 171 g/mol. The molecule has 1 atom stereocenters. The number of hydrogen-bond donors (Lipinski definition) is 4. The molecule has 0 radical (unpaired) electrons. The van der Waals surface area contributed by atoms with Gasteiger partial charge in [-0.25, -0.2) is 10.4 Å². The zero-order chi connectivity index (χ0) is 7.68. The molecule has 2 aliphatic rings. The number of nitrogens with two attached hydrogens (primary N) is 1. The molecule has 5 N–H and O–H groups in total. The summed E-state index contributed by atoms with van der Waals surface area (Å²) >= 11 is 1.57. The lowest BCUT2D eigenvalue weighted by atomic mass is 10.5. The Morgan fingerprint density at radius 1 is 1.82 bits per heavy atom. The van der Waals surface area contributed by atoms with E-state index in [0.29, 0.717) is 0 Å². The quantitative estimate of drug-likeness (QED) is 0.297. The maximum absolute atomic E-state index is 5.25. The Hall–Kier alpha value is -0.720. The highest BCUT2D eigenvalue weighted by Gasteiger charge is 2.23. The van der Waals surface area contributed by atoms with Crippen molar-refractivity contribution >= 4 is 18.0 Å². The molecule has 0 saturated heterocycles. The highest BCUT2D eigenvalue weighted by molar-refractivity contribution is 8.03. The van der Waals surface area contributed by atoms with Crippen molar-refractivity contribution in [3.05, 3.63) is 10.9 Å².